The number of likely N-dealkylation sites (tertiary alicyclic amines) is 1. The molecule has 0 radical (unpaired) electrons. The molecule has 0 bridgehead atoms. The van der Waals surface area contributed by atoms with Crippen molar-refractivity contribution in [1.29, 1.82) is 0 Å². The quantitative estimate of drug-likeness (QED) is 0.587. The minimum atomic E-state index is -0.0185. The van der Waals surface area contributed by atoms with Crippen LogP contribution in [0.2, 0.25) is 0 Å². The summed E-state index contributed by atoms with van der Waals surface area (Å²) >= 11 is 0. The zero-order valence-corrected chi connectivity index (χ0v) is 20.8. The van der Waals surface area contributed by atoms with Gasteiger partial charge in [0.15, 0.2) is 0 Å². The van der Waals surface area contributed by atoms with Gasteiger partial charge in [-0.05, 0) is 66.3 Å². The first-order valence-electron chi connectivity index (χ1n) is 12.5. The van der Waals surface area contributed by atoms with Crippen LogP contribution in [0.25, 0.3) is 22.5 Å². The number of nitrogens with one attached hydrogen (secondary N) is 1. The van der Waals surface area contributed by atoms with Gasteiger partial charge in [0.05, 0.1) is 24.6 Å². The molecular weight excluding hydrogens is 440 g/mol. The van der Waals surface area contributed by atoms with E-state index >= 15 is 0 Å². The lowest BCUT2D eigenvalue weighted by molar-refractivity contribution is 0.122. The summed E-state index contributed by atoms with van der Waals surface area (Å²) in [6.45, 7) is 8.97. The molecule has 1 aromatic carbocycles. The first-order valence-corrected chi connectivity index (χ1v) is 12.5. The van der Waals surface area contributed by atoms with E-state index < -0.39 is 0 Å². The highest BCUT2D eigenvalue weighted by Gasteiger charge is 2.25. The number of carbonyl (C=O) groups is 1. The maximum absolute atomic E-state index is 12.9. The average molecular weight is 475 g/mol. The lowest BCUT2D eigenvalue weighted by atomic mass is 9.99. The molecule has 2 amide bonds. The molecule has 35 heavy (non-hydrogen) atoms. The van der Waals surface area contributed by atoms with Crippen LogP contribution in [0, 0.1) is 12.8 Å². The summed E-state index contributed by atoms with van der Waals surface area (Å²) in [7, 11) is 1.93. The summed E-state index contributed by atoms with van der Waals surface area (Å²) in [5.74, 6) is 1.54. The Morgan fingerprint density at radius 3 is 2.69 bits per heavy atom. The molecule has 2 aliphatic heterocycles. The second kappa shape index (κ2) is 10.1. The van der Waals surface area contributed by atoms with Crippen LogP contribution < -0.4 is 10.2 Å². The maximum atomic E-state index is 12.9. The van der Waals surface area contributed by atoms with Crippen molar-refractivity contribution in [1.82, 2.24) is 19.7 Å². The number of ether oxygens (including phenoxy) is 1. The molecule has 2 aromatic heterocycles. The lowest BCUT2D eigenvalue weighted by Gasteiger charge is -2.28. The first kappa shape index (κ1) is 23.4. The predicted molar refractivity (Wildman–Crippen MR) is 139 cm³/mol. The maximum Gasteiger partial charge on any atom is 0.321 e. The second-order valence-corrected chi connectivity index (χ2v) is 9.51. The Morgan fingerprint density at radius 1 is 1.14 bits per heavy atom. The molecule has 5 rings (SSSR count). The van der Waals surface area contributed by atoms with Gasteiger partial charge in [-0.1, -0.05) is 19.4 Å². The van der Waals surface area contributed by atoms with Crippen molar-refractivity contribution in [3.63, 3.8) is 0 Å². The Balaban J connectivity index is 1.48. The molecule has 8 heteroatoms. The summed E-state index contributed by atoms with van der Waals surface area (Å²) < 4.78 is 7.40. The molecule has 0 spiro atoms. The van der Waals surface area contributed by atoms with E-state index in [1.54, 1.807) is 6.20 Å². The molecule has 1 N–H and O–H groups in total. The number of morpholine rings is 1. The number of hydrogen-bond acceptors (Lipinski definition) is 5. The average Bonchev–Trinajstić information content (AvgIpc) is 3.54. The van der Waals surface area contributed by atoms with Crippen LogP contribution in [0.3, 0.4) is 0 Å². The molecule has 0 saturated carbocycles. The van der Waals surface area contributed by atoms with Gasteiger partial charge < -0.3 is 19.9 Å². The standard InChI is InChI=1S/C27H34N6O2/c1-4-20-8-10-33(18-20)27(34)29-22-6-5-19(2)23(17-22)21-15-24(25-7-9-28-31(25)3)30-26(16-21)32-11-13-35-14-12-32/h5-7,9,15-17,20H,4,8,10-14,18H2,1-3H3,(H,29,34)/t20-/m1/s1. The number of nitrogens with zero attached hydrogens (tertiary/aromatic N) is 5. The van der Waals surface area contributed by atoms with Crippen LogP contribution in [0.15, 0.2) is 42.6 Å². The Kier molecular flexibility index (Phi) is 6.72. The highest BCUT2D eigenvalue weighted by molar-refractivity contribution is 5.91. The largest absolute Gasteiger partial charge is 0.378 e. The molecular formula is C27H34N6O2. The van der Waals surface area contributed by atoms with Crippen molar-refractivity contribution in [2.24, 2.45) is 13.0 Å². The summed E-state index contributed by atoms with van der Waals surface area (Å²) in [5, 5.41) is 7.47. The molecule has 184 valence electrons. The molecule has 0 unspecified atom stereocenters. The number of benzene rings is 1. The van der Waals surface area contributed by atoms with E-state index in [-0.39, 0.29) is 6.03 Å². The van der Waals surface area contributed by atoms with Crippen LogP contribution in [0.4, 0.5) is 16.3 Å². The molecule has 2 aliphatic rings. The number of aryl methyl sites for hydroxylation is 2. The van der Waals surface area contributed by atoms with E-state index in [2.05, 4.69) is 53.4 Å². The topological polar surface area (TPSA) is 75.5 Å². The smallest absolute Gasteiger partial charge is 0.321 e. The monoisotopic (exact) mass is 474 g/mol. The van der Waals surface area contributed by atoms with Gasteiger partial charge in [-0.25, -0.2) is 9.78 Å². The highest BCUT2D eigenvalue weighted by atomic mass is 16.5. The van der Waals surface area contributed by atoms with Gasteiger partial charge >= 0.3 is 6.03 Å². The fraction of sp³-hybridized carbons (Fsp3) is 0.444. The van der Waals surface area contributed by atoms with Crippen molar-refractivity contribution < 1.29 is 9.53 Å². The number of amides is 2. The summed E-state index contributed by atoms with van der Waals surface area (Å²) in [6.07, 6.45) is 3.99. The van der Waals surface area contributed by atoms with E-state index in [1.807, 2.05) is 28.8 Å². The molecule has 1 atom stereocenters. The van der Waals surface area contributed by atoms with E-state index in [0.717, 1.165) is 78.6 Å². The Morgan fingerprint density at radius 2 is 1.97 bits per heavy atom. The minimum Gasteiger partial charge on any atom is -0.378 e. The van der Waals surface area contributed by atoms with Gasteiger partial charge in [0.25, 0.3) is 0 Å². The Hall–Kier alpha value is -3.39. The third-order valence-electron chi connectivity index (χ3n) is 7.18. The zero-order chi connectivity index (χ0) is 24.4. The normalized spacial score (nSPS) is 18.2. The zero-order valence-electron chi connectivity index (χ0n) is 20.8. The van der Waals surface area contributed by atoms with Crippen molar-refractivity contribution in [2.45, 2.75) is 26.7 Å². The summed E-state index contributed by atoms with van der Waals surface area (Å²) in [4.78, 5) is 22.1. The van der Waals surface area contributed by atoms with E-state index in [0.29, 0.717) is 19.1 Å². The number of aromatic nitrogens is 3. The number of anilines is 2. The third kappa shape index (κ3) is 5.03. The van der Waals surface area contributed by atoms with Crippen LogP contribution in [0.5, 0.6) is 0 Å². The van der Waals surface area contributed by atoms with Crippen molar-refractivity contribution >= 4 is 17.5 Å². The Bertz CT molecular complexity index is 1200. The lowest BCUT2D eigenvalue weighted by Crippen LogP contribution is -2.36. The van der Waals surface area contributed by atoms with Crippen molar-refractivity contribution in [3.05, 3.63) is 48.2 Å². The third-order valence-corrected chi connectivity index (χ3v) is 7.18. The molecule has 2 fully saturated rings. The van der Waals surface area contributed by atoms with Gasteiger partial charge in [0, 0.05) is 45.1 Å². The SMILES string of the molecule is CC[C@@H]1CCN(C(=O)Nc2ccc(C)c(-c3cc(-c4ccnn4C)nc(N4CCOCC4)c3)c2)C1. The van der Waals surface area contributed by atoms with Gasteiger partial charge in [0.2, 0.25) is 0 Å². The van der Waals surface area contributed by atoms with E-state index in [9.17, 15) is 4.79 Å². The summed E-state index contributed by atoms with van der Waals surface area (Å²) in [5.41, 5.74) is 5.94. The second-order valence-electron chi connectivity index (χ2n) is 9.51. The number of pyridine rings is 1. The van der Waals surface area contributed by atoms with Crippen LogP contribution >= 0.6 is 0 Å². The summed E-state index contributed by atoms with van der Waals surface area (Å²) in [6, 6.07) is 12.4. The molecule has 2 saturated heterocycles. The van der Waals surface area contributed by atoms with Crippen LogP contribution in [-0.2, 0) is 11.8 Å². The van der Waals surface area contributed by atoms with Gasteiger partial charge in [-0.2, -0.15) is 5.10 Å². The first-order chi connectivity index (χ1) is 17.0. The minimum absolute atomic E-state index is 0.0185. The fourth-order valence-corrected chi connectivity index (χ4v) is 4.95. The van der Waals surface area contributed by atoms with Gasteiger partial charge in [0.1, 0.15) is 5.82 Å². The molecule has 0 aliphatic carbocycles. The molecule has 3 aromatic rings. The number of rotatable bonds is 5. The van der Waals surface area contributed by atoms with E-state index in [4.69, 9.17) is 9.72 Å². The van der Waals surface area contributed by atoms with Crippen molar-refractivity contribution in [3.8, 4) is 22.5 Å². The number of hydrogen-bond donors (Lipinski definition) is 1. The molecule has 8 nitrogen and oxygen atoms in total. The predicted octanol–water partition coefficient (Wildman–Crippen LogP) is 4.56. The number of urea groups is 1. The van der Waals surface area contributed by atoms with Crippen molar-refractivity contribution in [2.75, 3.05) is 49.6 Å². The Labute approximate surface area is 206 Å². The number of carbonyl (C=O) groups excluding carboxylic acids is 1. The fourth-order valence-electron chi connectivity index (χ4n) is 4.95. The van der Waals surface area contributed by atoms with Gasteiger partial charge in [-0.15, -0.1) is 0 Å². The van der Waals surface area contributed by atoms with Gasteiger partial charge in [-0.3, -0.25) is 4.68 Å². The van der Waals surface area contributed by atoms with E-state index in [1.165, 1.54) is 0 Å². The highest BCUT2D eigenvalue weighted by Crippen LogP contribution is 2.33. The van der Waals surface area contributed by atoms with Crippen LogP contribution in [-0.4, -0.2) is 65.1 Å². The molecule has 4 heterocycles. The van der Waals surface area contributed by atoms with Crippen LogP contribution in [0.1, 0.15) is 25.3 Å².